The van der Waals surface area contributed by atoms with E-state index in [-0.39, 0.29) is 29.4 Å². The van der Waals surface area contributed by atoms with Crippen molar-refractivity contribution >= 4 is 5.91 Å². The van der Waals surface area contributed by atoms with Gasteiger partial charge in [-0.25, -0.2) is 0 Å². The highest BCUT2D eigenvalue weighted by atomic mass is 16.3. The standard InChI is InChI=1S/C25H39N3O2/c1-27-15-17-28(18-16-27)22-11-13-25(14-12-23(22)29,21-9-3-2-4-10-21)19-26-24(30)20-7-5-6-8-20/h2-4,9-10,20,22-23,29H,5-8,11-19H2,1H3,(H,26,30)/t22-,23-,25-/m0/s1. The molecule has 3 aliphatic rings. The molecule has 2 saturated carbocycles. The zero-order valence-corrected chi connectivity index (χ0v) is 18.6. The van der Waals surface area contributed by atoms with Crippen molar-refractivity contribution in [1.29, 1.82) is 0 Å². The monoisotopic (exact) mass is 413 g/mol. The van der Waals surface area contributed by atoms with E-state index in [9.17, 15) is 9.90 Å². The summed E-state index contributed by atoms with van der Waals surface area (Å²) >= 11 is 0. The molecule has 1 aliphatic heterocycles. The summed E-state index contributed by atoms with van der Waals surface area (Å²) < 4.78 is 0. The van der Waals surface area contributed by atoms with Crippen LogP contribution in [0.4, 0.5) is 0 Å². The fourth-order valence-corrected chi connectivity index (χ4v) is 5.89. The summed E-state index contributed by atoms with van der Waals surface area (Å²) in [6.07, 6.45) is 7.86. The van der Waals surface area contributed by atoms with E-state index in [1.54, 1.807) is 0 Å². The number of nitrogens with one attached hydrogen (secondary N) is 1. The lowest BCUT2D eigenvalue weighted by Gasteiger charge is -2.39. The average Bonchev–Trinajstić information content (AvgIpc) is 3.26. The van der Waals surface area contributed by atoms with Crippen LogP contribution < -0.4 is 5.32 Å². The van der Waals surface area contributed by atoms with Gasteiger partial charge in [0.25, 0.3) is 0 Å². The van der Waals surface area contributed by atoms with Crippen LogP contribution in [0.25, 0.3) is 0 Å². The summed E-state index contributed by atoms with van der Waals surface area (Å²) in [4.78, 5) is 17.7. The number of aliphatic hydroxyl groups excluding tert-OH is 1. The molecular formula is C25H39N3O2. The van der Waals surface area contributed by atoms with E-state index in [1.165, 1.54) is 18.4 Å². The van der Waals surface area contributed by atoms with Crippen molar-refractivity contribution < 1.29 is 9.90 Å². The lowest BCUT2D eigenvalue weighted by molar-refractivity contribution is -0.125. The number of rotatable bonds is 5. The van der Waals surface area contributed by atoms with E-state index in [1.807, 2.05) is 0 Å². The van der Waals surface area contributed by atoms with Crippen LogP contribution in [-0.4, -0.2) is 72.7 Å². The Labute approximate surface area is 181 Å². The quantitative estimate of drug-likeness (QED) is 0.729. The molecule has 1 saturated heterocycles. The molecule has 5 heteroatoms. The number of benzene rings is 1. The lowest BCUT2D eigenvalue weighted by atomic mass is 9.74. The average molecular weight is 414 g/mol. The Morgan fingerprint density at radius 3 is 2.40 bits per heavy atom. The number of carbonyl (C=O) groups is 1. The molecule has 4 rings (SSSR count). The molecule has 0 bridgehead atoms. The van der Waals surface area contributed by atoms with Crippen molar-refractivity contribution in [3.63, 3.8) is 0 Å². The Balaban J connectivity index is 1.49. The predicted octanol–water partition coefficient (Wildman–Crippen LogP) is 2.78. The van der Waals surface area contributed by atoms with Crippen LogP contribution in [0.5, 0.6) is 0 Å². The summed E-state index contributed by atoms with van der Waals surface area (Å²) in [6, 6.07) is 10.9. The first-order chi connectivity index (χ1) is 14.6. The molecule has 1 aromatic rings. The van der Waals surface area contributed by atoms with Crippen molar-refractivity contribution in [3.05, 3.63) is 35.9 Å². The van der Waals surface area contributed by atoms with E-state index in [2.05, 4.69) is 52.5 Å². The number of carbonyl (C=O) groups excluding carboxylic acids is 1. The minimum Gasteiger partial charge on any atom is -0.391 e. The molecule has 2 aliphatic carbocycles. The number of aliphatic hydroxyl groups is 1. The third-order valence-electron chi connectivity index (χ3n) is 8.00. The molecule has 1 aromatic carbocycles. The second-order valence-electron chi connectivity index (χ2n) is 9.90. The molecule has 0 spiro atoms. The van der Waals surface area contributed by atoms with E-state index >= 15 is 0 Å². The maximum absolute atomic E-state index is 12.8. The Morgan fingerprint density at radius 1 is 1.03 bits per heavy atom. The topological polar surface area (TPSA) is 55.8 Å². The summed E-state index contributed by atoms with van der Waals surface area (Å²) in [5.74, 6) is 0.440. The van der Waals surface area contributed by atoms with Crippen molar-refractivity contribution in [3.8, 4) is 0 Å². The summed E-state index contributed by atoms with van der Waals surface area (Å²) in [7, 11) is 2.17. The van der Waals surface area contributed by atoms with Crippen molar-refractivity contribution in [1.82, 2.24) is 15.1 Å². The molecular weight excluding hydrogens is 374 g/mol. The SMILES string of the molecule is CN1CCN([C@H]2CC[C@](CNC(=O)C3CCCC3)(c3ccccc3)CC[C@@H]2O)CC1. The van der Waals surface area contributed by atoms with Crippen molar-refractivity contribution in [2.24, 2.45) is 5.92 Å². The van der Waals surface area contributed by atoms with Gasteiger partial charge in [0.2, 0.25) is 5.91 Å². The molecule has 5 nitrogen and oxygen atoms in total. The van der Waals surface area contributed by atoms with Crippen LogP contribution in [0, 0.1) is 5.92 Å². The number of likely N-dealkylation sites (N-methyl/N-ethyl adjacent to an activating group) is 1. The molecule has 166 valence electrons. The summed E-state index contributed by atoms with van der Waals surface area (Å²) in [5, 5.41) is 14.4. The van der Waals surface area contributed by atoms with Gasteiger partial charge in [-0.1, -0.05) is 43.2 Å². The molecule has 0 unspecified atom stereocenters. The normalized spacial score (nSPS) is 32.1. The highest BCUT2D eigenvalue weighted by Gasteiger charge is 2.40. The summed E-state index contributed by atoms with van der Waals surface area (Å²) in [6.45, 7) is 4.91. The van der Waals surface area contributed by atoms with Crippen LogP contribution in [0.1, 0.15) is 56.9 Å². The Morgan fingerprint density at radius 2 is 1.70 bits per heavy atom. The van der Waals surface area contributed by atoms with E-state index in [4.69, 9.17) is 0 Å². The minimum atomic E-state index is -0.287. The minimum absolute atomic E-state index is 0.0855. The second-order valence-corrected chi connectivity index (χ2v) is 9.90. The third kappa shape index (κ3) is 4.90. The molecule has 3 fully saturated rings. The first-order valence-corrected chi connectivity index (χ1v) is 12.0. The number of piperazine rings is 1. The molecule has 3 atom stereocenters. The number of hydrogen-bond acceptors (Lipinski definition) is 4. The van der Waals surface area contributed by atoms with Gasteiger partial charge in [0.05, 0.1) is 6.10 Å². The van der Waals surface area contributed by atoms with Gasteiger partial charge in [-0.2, -0.15) is 0 Å². The van der Waals surface area contributed by atoms with Gasteiger partial charge in [0.1, 0.15) is 0 Å². The van der Waals surface area contributed by atoms with E-state index in [0.29, 0.717) is 6.54 Å². The highest BCUT2D eigenvalue weighted by molar-refractivity contribution is 5.79. The largest absolute Gasteiger partial charge is 0.391 e. The molecule has 1 amide bonds. The smallest absolute Gasteiger partial charge is 0.223 e. The van der Waals surface area contributed by atoms with Crippen LogP contribution in [0.2, 0.25) is 0 Å². The van der Waals surface area contributed by atoms with Crippen LogP contribution in [0.3, 0.4) is 0 Å². The fourth-order valence-electron chi connectivity index (χ4n) is 5.89. The molecule has 30 heavy (non-hydrogen) atoms. The van der Waals surface area contributed by atoms with Crippen molar-refractivity contribution in [2.45, 2.75) is 68.9 Å². The Bertz CT molecular complexity index is 683. The Hall–Kier alpha value is -1.43. The lowest BCUT2D eigenvalue weighted by Crippen LogP contribution is -2.52. The van der Waals surface area contributed by atoms with Crippen molar-refractivity contribution in [2.75, 3.05) is 39.8 Å². The zero-order valence-electron chi connectivity index (χ0n) is 18.6. The van der Waals surface area contributed by atoms with Gasteiger partial charge in [-0.05, 0) is 51.1 Å². The van der Waals surface area contributed by atoms with E-state index in [0.717, 1.165) is 64.7 Å². The first kappa shape index (κ1) is 21.8. The van der Waals surface area contributed by atoms with E-state index < -0.39 is 0 Å². The molecule has 1 heterocycles. The number of amides is 1. The van der Waals surface area contributed by atoms with Crippen LogP contribution >= 0.6 is 0 Å². The van der Waals surface area contributed by atoms with Gasteiger partial charge in [-0.3, -0.25) is 9.69 Å². The predicted molar refractivity (Wildman–Crippen MR) is 120 cm³/mol. The molecule has 2 N–H and O–H groups in total. The maximum atomic E-state index is 12.8. The van der Waals surface area contributed by atoms with Crippen LogP contribution in [-0.2, 0) is 10.2 Å². The molecule has 0 aromatic heterocycles. The highest BCUT2D eigenvalue weighted by Crippen LogP contribution is 2.39. The number of nitrogens with zero attached hydrogens (tertiary/aromatic N) is 2. The fraction of sp³-hybridized carbons (Fsp3) is 0.720. The number of hydrogen-bond donors (Lipinski definition) is 2. The Kier molecular flexibility index (Phi) is 7.12. The maximum Gasteiger partial charge on any atom is 0.223 e. The van der Waals surface area contributed by atoms with Crippen LogP contribution in [0.15, 0.2) is 30.3 Å². The van der Waals surface area contributed by atoms with Gasteiger partial charge in [-0.15, -0.1) is 0 Å². The van der Waals surface area contributed by atoms with Gasteiger partial charge in [0, 0.05) is 50.1 Å². The first-order valence-electron chi connectivity index (χ1n) is 12.0. The van der Waals surface area contributed by atoms with Gasteiger partial charge >= 0.3 is 0 Å². The van der Waals surface area contributed by atoms with Gasteiger partial charge in [0.15, 0.2) is 0 Å². The second kappa shape index (κ2) is 9.80. The van der Waals surface area contributed by atoms with Gasteiger partial charge < -0.3 is 15.3 Å². The zero-order chi connectivity index (χ0) is 21.0. The third-order valence-corrected chi connectivity index (χ3v) is 8.00. The summed E-state index contributed by atoms with van der Waals surface area (Å²) in [5.41, 5.74) is 1.22. The molecule has 0 radical (unpaired) electrons.